The zero-order valence-electron chi connectivity index (χ0n) is 7.82. The lowest BCUT2D eigenvalue weighted by molar-refractivity contribution is 1.54. The third-order valence-electron chi connectivity index (χ3n) is 2.73. The van der Waals surface area contributed by atoms with Crippen LogP contribution in [-0.2, 0) is 0 Å². The summed E-state index contributed by atoms with van der Waals surface area (Å²) >= 11 is 3.47. The van der Waals surface area contributed by atoms with Crippen LogP contribution in [0.15, 0.2) is 34.8 Å². The SMILES string of the molecule is C=C1C(C)=C(C)c2ccc(Br)cc21. The molecule has 0 saturated heterocycles. The maximum atomic E-state index is 4.09. The topological polar surface area (TPSA) is 0 Å². The molecule has 0 radical (unpaired) electrons. The quantitative estimate of drug-likeness (QED) is 0.629. The highest BCUT2D eigenvalue weighted by Crippen LogP contribution is 2.40. The molecule has 13 heavy (non-hydrogen) atoms. The van der Waals surface area contributed by atoms with Crippen LogP contribution in [0.25, 0.3) is 11.1 Å². The molecular weight excluding hydrogens is 224 g/mol. The molecule has 0 saturated carbocycles. The summed E-state index contributed by atoms with van der Waals surface area (Å²) in [5, 5.41) is 0. The number of fused-ring (bicyclic) bond motifs is 1. The Morgan fingerprint density at radius 1 is 1.08 bits per heavy atom. The molecule has 0 fully saturated rings. The third kappa shape index (κ3) is 1.19. The molecule has 0 bridgehead atoms. The zero-order chi connectivity index (χ0) is 9.59. The average Bonchev–Trinajstić information content (AvgIpc) is 2.32. The van der Waals surface area contributed by atoms with Gasteiger partial charge in [0.2, 0.25) is 0 Å². The van der Waals surface area contributed by atoms with Gasteiger partial charge in [0.05, 0.1) is 0 Å². The van der Waals surface area contributed by atoms with Crippen molar-refractivity contribution in [3.05, 3.63) is 46.0 Å². The normalized spacial score (nSPS) is 15.2. The molecule has 0 N–H and O–H groups in total. The van der Waals surface area contributed by atoms with E-state index < -0.39 is 0 Å². The van der Waals surface area contributed by atoms with E-state index >= 15 is 0 Å². The lowest BCUT2D eigenvalue weighted by Crippen LogP contribution is -1.81. The molecule has 1 heteroatoms. The number of allylic oxidation sites excluding steroid dienone is 3. The van der Waals surface area contributed by atoms with Gasteiger partial charge in [-0.1, -0.05) is 28.6 Å². The molecule has 0 atom stereocenters. The van der Waals surface area contributed by atoms with Gasteiger partial charge in [-0.2, -0.15) is 0 Å². The molecule has 1 aliphatic rings. The monoisotopic (exact) mass is 234 g/mol. The Morgan fingerprint density at radius 2 is 1.77 bits per heavy atom. The van der Waals surface area contributed by atoms with Gasteiger partial charge in [0.1, 0.15) is 0 Å². The van der Waals surface area contributed by atoms with Crippen LogP contribution in [0.5, 0.6) is 0 Å². The Kier molecular flexibility index (Phi) is 1.92. The molecule has 1 aromatic rings. The molecule has 0 heterocycles. The second-order valence-corrected chi connectivity index (χ2v) is 4.33. The molecule has 66 valence electrons. The van der Waals surface area contributed by atoms with Gasteiger partial charge in [-0.3, -0.25) is 0 Å². The molecular formula is C12H11Br. The fourth-order valence-corrected chi connectivity index (χ4v) is 2.08. The van der Waals surface area contributed by atoms with Crippen molar-refractivity contribution in [3.63, 3.8) is 0 Å². The van der Waals surface area contributed by atoms with Gasteiger partial charge in [0, 0.05) is 4.47 Å². The number of halogens is 1. The Bertz CT molecular complexity index is 425. The van der Waals surface area contributed by atoms with E-state index in [1.54, 1.807) is 0 Å². The largest absolute Gasteiger partial charge is 0.0909 e. The highest BCUT2D eigenvalue weighted by molar-refractivity contribution is 9.10. The van der Waals surface area contributed by atoms with Crippen molar-refractivity contribution >= 4 is 27.1 Å². The van der Waals surface area contributed by atoms with E-state index in [4.69, 9.17) is 0 Å². The summed E-state index contributed by atoms with van der Waals surface area (Å²) in [6, 6.07) is 6.36. The summed E-state index contributed by atoms with van der Waals surface area (Å²) in [4.78, 5) is 0. The maximum Gasteiger partial charge on any atom is 0.0181 e. The highest BCUT2D eigenvalue weighted by atomic mass is 79.9. The van der Waals surface area contributed by atoms with Gasteiger partial charge in [0.15, 0.2) is 0 Å². The first-order chi connectivity index (χ1) is 6.11. The van der Waals surface area contributed by atoms with Crippen LogP contribution >= 0.6 is 15.9 Å². The highest BCUT2D eigenvalue weighted by Gasteiger charge is 2.18. The van der Waals surface area contributed by atoms with Gasteiger partial charge < -0.3 is 0 Å². The third-order valence-corrected chi connectivity index (χ3v) is 3.22. The Balaban J connectivity index is 2.71. The molecule has 0 unspecified atom stereocenters. The van der Waals surface area contributed by atoms with E-state index in [1.165, 1.54) is 22.3 Å². The second-order valence-electron chi connectivity index (χ2n) is 3.42. The number of benzene rings is 1. The van der Waals surface area contributed by atoms with Crippen molar-refractivity contribution < 1.29 is 0 Å². The van der Waals surface area contributed by atoms with E-state index in [0.29, 0.717) is 0 Å². The van der Waals surface area contributed by atoms with E-state index in [2.05, 4.69) is 54.6 Å². The Hall–Kier alpha value is -0.820. The molecule has 0 spiro atoms. The van der Waals surface area contributed by atoms with E-state index in [9.17, 15) is 0 Å². The van der Waals surface area contributed by atoms with Gasteiger partial charge in [0.25, 0.3) is 0 Å². The standard InChI is InChI=1S/C12H11Br/c1-7-8(2)11-5-4-10(13)6-12(11)9(7)3/h4-6H,3H2,1-2H3. The van der Waals surface area contributed by atoms with Crippen LogP contribution in [0, 0.1) is 0 Å². The summed E-state index contributed by atoms with van der Waals surface area (Å²) in [7, 11) is 0. The lowest BCUT2D eigenvalue weighted by Gasteiger charge is -2.01. The number of hydrogen-bond donors (Lipinski definition) is 0. The van der Waals surface area contributed by atoms with Gasteiger partial charge >= 0.3 is 0 Å². The van der Waals surface area contributed by atoms with Crippen molar-refractivity contribution in [2.24, 2.45) is 0 Å². The van der Waals surface area contributed by atoms with Crippen molar-refractivity contribution in [2.75, 3.05) is 0 Å². The van der Waals surface area contributed by atoms with E-state index in [1.807, 2.05) is 0 Å². The van der Waals surface area contributed by atoms with Crippen LogP contribution in [0.2, 0.25) is 0 Å². The lowest BCUT2D eigenvalue weighted by atomic mass is 10.1. The van der Waals surface area contributed by atoms with Crippen LogP contribution in [0.1, 0.15) is 25.0 Å². The number of hydrogen-bond acceptors (Lipinski definition) is 0. The first kappa shape index (κ1) is 8.76. The van der Waals surface area contributed by atoms with Crippen LogP contribution in [0.4, 0.5) is 0 Å². The predicted molar refractivity (Wildman–Crippen MR) is 61.4 cm³/mol. The summed E-state index contributed by atoms with van der Waals surface area (Å²) in [5.74, 6) is 0. The van der Waals surface area contributed by atoms with Crippen LogP contribution in [-0.4, -0.2) is 0 Å². The summed E-state index contributed by atoms with van der Waals surface area (Å²) in [6.07, 6.45) is 0. The fraction of sp³-hybridized carbons (Fsp3) is 0.167. The minimum atomic E-state index is 1.12. The van der Waals surface area contributed by atoms with Crippen LogP contribution in [0.3, 0.4) is 0 Å². The first-order valence-corrected chi connectivity index (χ1v) is 5.07. The van der Waals surface area contributed by atoms with Crippen molar-refractivity contribution in [2.45, 2.75) is 13.8 Å². The predicted octanol–water partition coefficient (Wildman–Crippen LogP) is 4.27. The first-order valence-electron chi connectivity index (χ1n) is 4.28. The maximum absolute atomic E-state index is 4.09. The average molecular weight is 235 g/mol. The smallest absolute Gasteiger partial charge is 0.0181 e. The van der Waals surface area contributed by atoms with E-state index in [-0.39, 0.29) is 0 Å². The van der Waals surface area contributed by atoms with Gasteiger partial charge in [-0.25, -0.2) is 0 Å². The zero-order valence-corrected chi connectivity index (χ0v) is 9.40. The van der Waals surface area contributed by atoms with Gasteiger partial charge in [-0.05, 0) is 53.8 Å². The molecule has 2 rings (SSSR count). The molecule has 1 aliphatic carbocycles. The molecule has 0 nitrogen and oxygen atoms in total. The number of rotatable bonds is 0. The van der Waals surface area contributed by atoms with E-state index in [0.717, 1.165) is 10.0 Å². The second kappa shape index (κ2) is 2.85. The molecule has 1 aromatic carbocycles. The Labute approximate surface area is 87.1 Å². The summed E-state index contributed by atoms with van der Waals surface area (Å²) < 4.78 is 1.12. The van der Waals surface area contributed by atoms with Crippen molar-refractivity contribution in [3.8, 4) is 0 Å². The van der Waals surface area contributed by atoms with Gasteiger partial charge in [-0.15, -0.1) is 0 Å². The minimum absolute atomic E-state index is 1.12. The molecule has 0 amide bonds. The Morgan fingerprint density at radius 3 is 2.46 bits per heavy atom. The molecule has 0 aliphatic heterocycles. The molecule has 0 aromatic heterocycles. The fourth-order valence-electron chi connectivity index (χ4n) is 1.72. The minimum Gasteiger partial charge on any atom is -0.0909 e. The summed E-state index contributed by atoms with van der Waals surface area (Å²) in [5.41, 5.74) is 6.42. The summed E-state index contributed by atoms with van der Waals surface area (Å²) in [6.45, 7) is 8.37. The van der Waals surface area contributed by atoms with Crippen LogP contribution < -0.4 is 0 Å². The van der Waals surface area contributed by atoms with Crippen molar-refractivity contribution in [1.29, 1.82) is 0 Å². The van der Waals surface area contributed by atoms with Crippen molar-refractivity contribution in [1.82, 2.24) is 0 Å².